The van der Waals surface area contributed by atoms with E-state index in [2.05, 4.69) is 0 Å². The van der Waals surface area contributed by atoms with Gasteiger partial charge in [-0.2, -0.15) is 0 Å². The largest absolute Gasteiger partial charge is 0.481 e. The standard InChI is InChI=1S/C18H17NO3/c1-18(2,17(21)22)13-7-9-14(10-8-13)19-11-12-5-3-4-6-15(12)16(19)20/h3-10H,11H2,1-2H3,(H,21,22). The smallest absolute Gasteiger partial charge is 0.313 e. The molecule has 1 heterocycles. The number of anilines is 1. The van der Waals surface area contributed by atoms with Crippen molar-refractivity contribution in [2.24, 2.45) is 0 Å². The van der Waals surface area contributed by atoms with E-state index in [0.717, 1.165) is 16.8 Å². The molecule has 112 valence electrons. The van der Waals surface area contributed by atoms with Crippen LogP contribution in [0.25, 0.3) is 0 Å². The summed E-state index contributed by atoms with van der Waals surface area (Å²) < 4.78 is 0. The van der Waals surface area contributed by atoms with Crippen LogP contribution in [-0.4, -0.2) is 17.0 Å². The van der Waals surface area contributed by atoms with Crippen LogP contribution in [0.5, 0.6) is 0 Å². The third-order valence-corrected chi connectivity index (χ3v) is 4.26. The van der Waals surface area contributed by atoms with Gasteiger partial charge in [0.2, 0.25) is 0 Å². The molecule has 1 N–H and O–H groups in total. The minimum atomic E-state index is -0.948. The Hall–Kier alpha value is -2.62. The van der Waals surface area contributed by atoms with Gasteiger partial charge in [0.15, 0.2) is 0 Å². The topological polar surface area (TPSA) is 57.6 Å². The number of hydrogen-bond donors (Lipinski definition) is 1. The Kier molecular flexibility index (Phi) is 3.24. The highest BCUT2D eigenvalue weighted by atomic mass is 16.4. The first-order valence-electron chi connectivity index (χ1n) is 7.15. The quantitative estimate of drug-likeness (QED) is 0.946. The number of nitrogens with zero attached hydrogens (tertiary/aromatic N) is 1. The highest BCUT2D eigenvalue weighted by Crippen LogP contribution is 2.30. The Morgan fingerprint density at radius 3 is 2.32 bits per heavy atom. The maximum atomic E-state index is 12.4. The van der Waals surface area contributed by atoms with Crippen LogP contribution in [0.2, 0.25) is 0 Å². The SMILES string of the molecule is CC(C)(C(=O)O)c1ccc(N2Cc3ccccc3C2=O)cc1. The van der Waals surface area contributed by atoms with Crippen molar-refractivity contribution in [2.45, 2.75) is 25.8 Å². The van der Waals surface area contributed by atoms with E-state index in [4.69, 9.17) is 0 Å². The summed E-state index contributed by atoms with van der Waals surface area (Å²) in [7, 11) is 0. The van der Waals surface area contributed by atoms with Crippen molar-refractivity contribution < 1.29 is 14.7 Å². The molecule has 0 radical (unpaired) electrons. The average molecular weight is 295 g/mol. The molecule has 0 unspecified atom stereocenters. The van der Waals surface area contributed by atoms with Gasteiger partial charge in [-0.3, -0.25) is 9.59 Å². The molecule has 22 heavy (non-hydrogen) atoms. The Morgan fingerprint density at radius 2 is 1.73 bits per heavy atom. The van der Waals surface area contributed by atoms with Gasteiger partial charge in [-0.15, -0.1) is 0 Å². The van der Waals surface area contributed by atoms with Crippen LogP contribution in [0.3, 0.4) is 0 Å². The highest BCUT2D eigenvalue weighted by molar-refractivity contribution is 6.10. The van der Waals surface area contributed by atoms with E-state index >= 15 is 0 Å². The number of carbonyl (C=O) groups is 2. The second-order valence-corrected chi connectivity index (χ2v) is 6.03. The van der Waals surface area contributed by atoms with Crippen molar-refractivity contribution in [3.8, 4) is 0 Å². The molecule has 0 bridgehead atoms. The summed E-state index contributed by atoms with van der Waals surface area (Å²) in [5, 5.41) is 9.27. The molecule has 2 aromatic rings. The lowest BCUT2D eigenvalue weighted by atomic mass is 9.85. The van der Waals surface area contributed by atoms with Gasteiger partial charge in [0.05, 0.1) is 12.0 Å². The van der Waals surface area contributed by atoms with E-state index in [9.17, 15) is 14.7 Å². The average Bonchev–Trinajstić information content (AvgIpc) is 2.85. The molecule has 4 nitrogen and oxygen atoms in total. The van der Waals surface area contributed by atoms with Crippen LogP contribution in [0.4, 0.5) is 5.69 Å². The monoisotopic (exact) mass is 295 g/mol. The van der Waals surface area contributed by atoms with E-state index in [-0.39, 0.29) is 5.91 Å². The van der Waals surface area contributed by atoms with Gasteiger partial charge in [0.1, 0.15) is 0 Å². The Labute approximate surface area is 129 Å². The van der Waals surface area contributed by atoms with Crippen molar-refractivity contribution in [2.75, 3.05) is 4.90 Å². The van der Waals surface area contributed by atoms with Crippen LogP contribution in [0.15, 0.2) is 48.5 Å². The van der Waals surface area contributed by atoms with Gasteiger partial charge in [-0.1, -0.05) is 30.3 Å². The molecular weight excluding hydrogens is 278 g/mol. The number of fused-ring (bicyclic) bond motifs is 1. The molecule has 0 aliphatic carbocycles. The van der Waals surface area contributed by atoms with Gasteiger partial charge in [0.25, 0.3) is 5.91 Å². The summed E-state index contributed by atoms with van der Waals surface area (Å²) in [5.74, 6) is -0.884. The minimum Gasteiger partial charge on any atom is -0.481 e. The summed E-state index contributed by atoms with van der Waals surface area (Å²) in [6, 6.07) is 14.7. The molecule has 0 aromatic heterocycles. The fraction of sp³-hybridized carbons (Fsp3) is 0.222. The summed E-state index contributed by atoms with van der Waals surface area (Å²) >= 11 is 0. The normalized spacial score (nSPS) is 14.1. The number of rotatable bonds is 3. The lowest BCUT2D eigenvalue weighted by Crippen LogP contribution is -2.28. The van der Waals surface area contributed by atoms with Crippen molar-refractivity contribution in [1.29, 1.82) is 0 Å². The Bertz CT molecular complexity index is 747. The number of benzene rings is 2. The summed E-state index contributed by atoms with van der Waals surface area (Å²) in [5.41, 5.74) is 2.30. The van der Waals surface area contributed by atoms with Gasteiger partial charge in [-0.25, -0.2) is 0 Å². The molecule has 0 atom stereocenters. The van der Waals surface area contributed by atoms with E-state index in [1.807, 2.05) is 36.4 Å². The van der Waals surface area contributed by atoms with Gasteiger partial charge in [-0.05, 0) is 43.2 Å². The fourth-order valence-electron chi connectivity index (χ4n) is 2.64. The minimum absolute atomic E-state index is 0.0131. The molecule has 3 rings (SSSR count). The zero-order valence-corrected chi connectivity index (χ0v) is 12.5. The third kappa shape index (κ3) is 2.17. The number of carboxylic acids is 1. The molecular formula is C18H17NO3. The van der Waals surface area contributed by atoms with E-state index in [1.54, 1.807) is 30.9 Å². The molecule has 1 aliphatic rings. The maximum Gasteiger partial charge on any atom is 0.313 e. The molecule has 0 fully saturated rings. The number of carbonyl (C=O) groups excluding carboxylic acids is 1. The van der Waals surface area contributed by atoms with Crippen LogP contribution >= 0.6 is 0 Å². The molecule has 2 aromatic carbocycles. The highest BCUT2D eigenvalue weighted by Gasteiger charge is 2.31. The lowest BCUT2D eigenvalue weighted by molar-refractivity contribution is -0.142. The second kappa shape index (κ2) is 4.98. The fourth-order valence-corrected chi connectivity index (χ4v) is 2.64. The van der Waals surface area contributed by atoms with Gasteiger partial charge < -0.3 is 10.0 Å². The summed E-state index contributed by atoms with van der Waals surface area (Å²) in [6.07, 6.45) is 0. The molecule has 0 saturated carbocycles. The molecule has 1 aliphatic heterocycles. The zero-order chi connectivity index (χ0) is 15.9. The number of carboxylic acid groups (broad SMARTS) is 1. The zero-order valence-electron chi connectivity index (χ0n) is 12.5. The number of aliphatic carboxylic acids is 1. The number of hydrogen-bond acceptors (Lipinski definition) is 2. The molecule has 4 heteroatoms. The summed E-state index contributed by atoms with van der Waals surface area (Å²) in [6.45, 7) is 3.89. The predicted molar refractivity (Wildman–Crippen MR) is 84.1 cm³/mol. The van der Waals surface area contributed by atoms with Crippen molar-refractivity contribution >= 4 is 17.6 Å². The molecule has 0 spiro atoms. The first-order chi connectivity index (χ1) is 10.4. The first-order valence-corrected chi connectivity index (χ1v) is 7.15. The second-order valence-electron chi connectivity index (χ2n) is 6.03. The van der Waals surface area contributed by atoms with Crippen LogP contribution in [-0.2, 0) is 16.8 Å². The molecule has 0 saturated heterocycles. The number of amides is 1. The van der Waals surface area contributed by atoms with E-state index in [1.165, 1.54) is 0 Å². The van der Waals surface area contributed by atoms with Gasteiger partial charge >= 0.3 is 5.97 Å². The van der Waals surface area contributed by atoms with Crippen LogP contribution < -0.4 is 4.90 Å². The summed E-state index contributed by atoms with van der Waals surface area (Å²) in [4.78, 5) is 25.4. The Balaban J connectivity index is 1.90. The van der Waals surface area contributed by atoms with Gasteiger partial charge in [0, 0.05) is 11.3 Å². The molecule has 1 amide bonds. The van der Waals surface area contributed by atoms with E-state index in [0.29, 0.717) is 12.1 Å². The van der Waals surface area contributed by atoms with Crippen molar-refractivity contribution in [3.05, 3.63) is 65.2 Å². The Morgan fingerprint density at radius 1 is 1.09 bits per heavy atom. The van der Waals surface area contributed by atoms with Crippen molar-refractivity contribution in [1.82, 2.24) is 0 Å². The van der Waals surface area contributed by atoms with Crippen LogP contribution in [0.1, 0.15) is 35.3 Å². The lowest BCUT2D eigenvalue weighted by Gasteiger charge is -2.21. The van der Waals surface area contributed by atoms with E-state index < -0.39 is 11.4 Å². The third-order valence-electron chi connectivity index (χ3n) is 4.26. The van der Waals surface area contributed by atoms with Crippen molar-refractivity contribution in [3.63, 3.8) is 0 Å². The maximum absolute atomic E-state index is 12.4. The van der Waals surface area contributed by atoms with Crippen LogP contribution in [0, 0.1) is 0 Å². The first kappa shape index (κ1) is 14.3. The predicted octanol–water partition coefficient (Wildman–Crippen LogP) is 3.21.